The summed E-state index contributed by atoms with van der Waals surface area (Å²) in [6, 6.07) is 0. The van der Waals surface area contributed by atoms with Crippen molar-refractivity contribution in [2.24, 2.45) is 0 Å². The first-order chi connectivity index (χ1) is 32.0. The van der Waals surface area contributed by atoms with Crippen molar-refractivity contribution in [1.29, 1.82) is 0 Å². The molecule has 6 nitrogen and oxygen atoms in total. The van der Waals surface area contributed by atoms with Gasteiger partial charge in [0.1, 0.15) is 13.2 Å². The van der Waals surface area contributed by atoms with Gasteiger partial charge >= 0.3 is 17.9 Å². The van der Waals surface area contributed by atoms with E-state index in [4.69, 9.17) is 14.2 Å². The predicted molar refractivity (Wildman–Crippen MR) is 279 cm³/mol. The van der Waals surface area contributed by atoms with Crippen LogP contribution in [-0.2, 0) is 28.6 Å². The molecule has 0 fully saturated rings. The van der Waals surface area contributed by atoms with Crippen LogP contribution in [0.15, 0.2) is 122 Å². The number of hydrogen-bond acceptors (Lipinski definition) is 6. The number of ether oxygens (including phenoxy) is 3. The van der Waals surface area contributed by atoms with Crippen LogP contribution in [-0.4, -0.2) is 37.2 Å². The van der Waals surface area contributed by atoms with Crippen LogP contribution in [0, 0.1) is 0 Å². The Kier molecular flexibility index (Phi) is 49.1. The number of unbranched alkanes of at least 4 members (excludes halogenated alkanes) is 15. The number of carbonyl (C=O) groups excluding carboxylic acids is 3. The number of hydrogen-bond donors (Lipinski definition) is 0. The highest BCUT2D eigenvalue weighted by molar-refractivity contribution is 5.72. The minimum Gasteiger partial charge on any atom is -0.462 e. The molecule has 0 N–H and O–H groups in total. The Bertz CT molecular complexity index is 1400. The molecule has 0 aliphatic rings. The Morgan fingerprint density at radius 2 is 0.677 bits per heavy atom. The highest BCUT2D eigenvalue weighted by atomic mass is 16.6. The fourth-order valence-electron chi connectivity index (χ4n) is 6.56. The maximum absolute atomic E-state index is 12.7. The second-order valence-corrected chi connectivity index (χ2v) is 16.7. The van der Waals surface area contributed by atoms with E-state index in [1.807, 2.05) is 6.08 Å². The van der Waals surface area contributed by atoms with Crippen LogP contribution in [0.1, 0.15) is 213 Å². The summed E-state index contributed by atoms with van der Waals surface area (Å²) in [4.78, 5) is 37.9. The zero-order valence-corrected chi connectivity index (χ0v) is 41.7. The molecule has 6 heteroatoms. The van der Waals surface area contributed by atoms with Gasteiger partial charge in [0.15, 0.2) is 6.10 Å². The lowest BCUT2D eigenvalue weighted by Gasteiger charge is -2.18. The van der Waals surface area contributed by atoms with Crippen LogP contribution in [0.5, 0.6) is 0 Å². The Labute approximate surface area is 399 Å². The monoisotopic (exact) mass is 899 g/mol. The molecule has 0 aliphatic heterocycles. The lowest BCUT2D eigenvalue weighted by Crippen LogP contribution is -2.30. The van der Waals surface area contributed by atoms with Gasteiger partial charge in [-0.15, -0.1) is 0 Å². The largest absolute Gasteiger partial charge is 0.462 e. The summed E-state index contributed by atoms with van der Waals surface area (Å²) in [5.41, 5.74) is 0. The summed E-state index contributed by atoms with van der Waals surface area (Å²) in [7, 11) is 0. The van der Waals surface area contributed by atoms with E-state index in [1.165, 1.54) is 44.9 Å². The minimum absolute atomic E-state index is 0.0860. The number of carbonyl (C=O) groups is 3. The van der Waals surface area contributed by atoms with Crippen LogP contribution < -0.4 is 0 Å². The molecule has 366 valence electrons. The molecule has 0 radical (unpaired) electrons. The maximum Gasteiger partial charge on any atom is 0.310 e. The Morgan fingerprint density at radius 3 is 1.08 bits per heavy atom. The fourth-order valence-corrected chi connectivity index (χ4v) is 6.56. The van der Waals surface area contributed by atoms with E-state index in [0.717, 1.165) is 122 Å². The van der Waals surface area contributed by atoms with Crippen molar-refractivity contribution in [3.63, 3.8) is 0 Å². The van der Waals surface area contributed by atoms with Gasteiger partial charge < -0.3 is 14.2 Å². The summed E-state index contributed by atoms with van der Waals surface area (Å²) < 4.78 is 16.7. The van der Waals surface area contributed by atoms with Gasteiger partial charge in [0.25, 0.3) is 0 Å². The van der Waals surface area contributed by atoms with E-state index in [0.29, 0.717) is 19.3 Å². The van der Waals surface area contributed by atoms with Crippen LogP contribution in [0.25, 0.3) is 0 Å². The summed E-state index contributed by atoms with van der Waals surface area (Å²) in [6.07, 6.45) is 72.0. The van der Waals surface area contributed by atoms with E-state index >= 15 is 0 Å². The average Bonchev–Trinajstić information content (AvgIpc) is 3.30. The van der Waals surface area contributed by atoms with Crippen LogP contribution >= 0.6 is 0 Å². The second-order valence-electron chi connectivity index (χ2n) is 16.7. The molecule has 0 saturated carbocycles. The molecule has 0 bridgehead atoms. The number of allylic oxidation sites excluding steroid dienone is 19. The normalized spacial score (nSPS) is 13.1. The summed E-state index contributed by atoms with van der Waals surface area (Å²) in [6.45, 7) is 6.30. The third-order valence-corrected chi connectivity index (χ3v) is 10.4. The van der Waals surface area contributed by atoms with E-state index in [1.54, 1.807) is 6.08 Å². The van der Waals surface area contributed by atoms with Gasteiger partial charge in [-0.05, 0) is 109 Å². The zero-order valence-electron chi connectivity index (χ0n) is 41.7. The van der Waals surface area contributed by atoms with Crippen molar-refractivity contribution in [2.45, 2.75) is 219 Å². The molecule has 1 atom stereocenters. The Hall–Kier alpha value is -4.19. The predicted octanol–water partition coefficient (Wildman–Crippen LogP) is 17.3. The first kappa shape index (κ1) is 60.8. The van der Waals surface area contributed by atoms with Gasteiger partial charge in [-0.3, -0.25) is 14.4 Å². The number of esters is 3. The van der Waals surface area contributed by atoms with Gasteiger partial charge in [0.2, 0.25) is 0 Å². The first-order valence-electron chi connectivity index (χ1n) is 26.0. The van der Waals surface area contributed by atoms with Gasteiger partial charge in [0.05, 0.1) is 6.42 Å². The van der Waals surface area contributed by atoms with Gasteiger partial charge in [-0.2, -0.15) is 0 Å². The van der Waals surface area contributed by atoms with Gasteiger partial charge in [-0.1, -0.05) is 206 Å². The first-order valence-corrected chi connectivity index (χ1v) is 26.0. The topological polar surface area (TPSA) is 78.9 Å². The van der Waals surface area contributed by atoms with E-state index < -0.39 is 12.1 Å². The highest BCUT2D eigenvalue weighted by Gasteiger charge is 2.19. The quantitative estimate of drug-likeness (QED) is 0.0262. The minimum atomic E-state index is -0.847. The Balaban J connectivity index is 4.54. The molecule has 0 saturated heterocycles. The molecule has 0 aromatic rings. The summed E-state index contributed by atoms with van der Waals surface area (Å²) >= 11 is 0. The van der Waals surface area contributed by atoms with Crippen LogP contribution in [0.3, 0.4) is 0 Å². The SMILES string of the molecule is CC/C=C\C/C=C\C/C=C\C/C=C\C/C=C\CC(=O)OC(COC(=O)CCCCCCC/C=C\C/C=C\CCC)COC(=O)CCCCCCCC/C=C\C/C=C\C/C=C\CCCCC. The molecule has 0 rings (SSSR count). The second kappa shape index (κ2) is 52.4. The third kappa shape index (κ3) is 50.7. The molecular formula is C59H94O6. The molecular weight excluding hydrogens is 805 g/mol. The molecule has 0 aliphatic carbocycles. The van der Waals surface area contributed by atoms with Gasteiger partial charge in [-0.25, -0.2) is 0 Å². The van der Waals surface area contributed by atoms with Crippen molar-refractivity contribution >= 4 is 17.9 Å². The van der Waals surface area contributed by atoms with Gasteiger partial charge in [0, 0.05) is 12.8 Å². The molecule has 65 heavy (non-hydrogen) atoms. The van der Waals surface area contributed by atoms with E-state index in [2.05, 4.69) is 130 Å². The number of rotatable bonds is 45. The fraction of sp³-hybridized carbons (Fsp3) is 0.610. The van der Waals surface area contributed by atoms with Crippen LogP contribution in [0.2, 0.25) is 0 Å². The average molecular weight is 899 g/mol. The van der Waals surface area contributed by atoms with Crippen molar-refractivity contribution in [3.8, 4) is 0 Å². The molecule has 1 unspecified atom stereocenters. The summed E-state index contributed by atoms with van der Waals surface area (Å²) in [5.74, 6) is -1.10. The Morgan fingerprint density at radius 1 is 0.338 bits per heavy atom. The van der Waals surface area contributed by atoms with Crippen molar-refractivity contribution in [1.82, 2.24) is 0 Å². The van der Waals surface area contributed by atoms with E-state index in [9.17, 15) is 14.4 Å². The van der Waals surface area contributed by atoms with Crippen molar-refractivity contribution in [2.75, 3.05) is 13.2 Å². The third-order valence-electron chi connectivity index (χ3n) is 10.4. The molecule has 0 aromatic carbocycles. The molecule has 0 aromatic heterocycles. The van der Waals surface area contributed by atoms with Crippen LogP contribution in [0.4, 0.5) is 0 Å². The summed E-state index contributed by atoms with van der Waals surface area (Å²) in [5, 5.41) is 0. The highest BCUT2D eigenvalue weighted by Crippen LogP contribution is 2.12. The van der Waals surface area contributed by atoms with Crippen molar-refractivity contribution in [3.05, 3.63) is 122 Å². The lowest BCUT2D eigenvalue weighted by atomic mass is 10.1. The lowest BCUT2D eigenvalue weighted by molar-refractivity contribution is -0.166. The maximum atomic E-state index is 12.7. The standard InChI is InChI=1S/C59H94O6/c1-4-7-10-13-16-19-22-25-27-28-29-30-32-34-37-40-43-46-49-52-58(61)64-55-56(54-63-57(60)51-48-45-42-39-36-33-24-21-18-15-12-9-6-3)65-59(62)53-50-47-44-41-38-35-31-26-23-20-17-14-11-8-5-2/h8,11-12,15-17,19-21,24-27,29-31,38,41,47,50,56H,4-7,9-10,13-14,18,22-23,28,32-37,39-40,42-46,48-49,51-55H2,1-3H3/b11-8-,15-12-,19-16-,20-17-,24-21-,27-25-,30-29-,31-26-,41-38-,50-47-. The van der Waals surface area contributed by atoms with E-state index in [-0.39, 0.29) is 31.6 Å². The smallest absolute Gasteiger partial charge is 0.310 e. The molecule has 0 heterocycles. The van der Waals surface area contributed by atoms with Crippen molar-refractivity contribution < 1.29 is 28.6 Å². The molecule has 0 amide bonds. The molecule has 0 spiro atoms. The zero-order chi connectivity index (χ0) is 47.2.